The Labute approximate surface area is 130 Å². The second kappa shape index (κ2) is 8.10. The van der Waals surface area contributed by atoms with Gasteiger partial charge in [-0.15, -0.1) is 0 Å². The molecule has 5 heteroatoms. The lowest BCUT2D eigenvalue weighted by Crippen LogP contribution is -2.48. The Kier molecular flexibility index (Phi) is 8.14. The molecule has 0 rings (SSSR count). The normalized spacial score (nSPS) is 25.2. The highest BCUT2D eigenvalue weighted by Gasteiger charge is 2.44. The summed E-state index contributed by atoms with van der Waals surface area (Å²) >= 11 is 0. The van der Waals surface area contributed by atoms with E-state index in [0.717, 1.165) is 12.8 Å². The smallest absolute Gasteiger partial charge is 0.265 e. The van der Waals surface area contributed by atoms with E-state index in [1.807, 2.05) is 20.8 Å². The molecule has 0 radical (unpaired) electrons. The van der Waals surface area contributed by atoms with Crippen LogP contribution in [0.4, 0.5) is 0 Å². The van der Waals surface area contributed by atoms with Crippen molar-refractivity contribution in [2.45, 2.75) is 73.8 Å². The Morgan fingerprint density at radius 2 is 1.48 bits per heavy atom. The molecule has 4 nitrogen and oxygen atoms in total. The van der Waals surface area contributed by atoms with Gasteiger partial charge in [-0.25, -0.2) is 0 Å². The van der Waals surface area contributed by atoms with Crippen molar-refractivity contribution in [1.82, 2.24) is 0 Å². The van der Waals surface area contributed by atoms with Crippen molar-refractivity contribution in [3.8, 4) is 0 Å². The number of hydrogen-bond donors (Lipinski definition) is 1. The highest BCUT2D eigenvalue weighted by atomic mass is 31.2. The molecule has 0 fully saturated rings. The summed E-state index contributed by atoms with van der Waals surface area (Å²) in [5, 5.41) is 0. The summed E-state index contributed by atoms with van der Waals surface area (Å²) in [6.45, 7) is 16.5. The van der Waals surface area contributed by atoms with Crippen LogP contribution in [-0.4, -0.2) is 10.5 Å². The van der Waals surface area contributed by atoms with Gasteiger partial charge in [0.2, 0.25) is 0 Å². The number of phosphoric ester groups is 1. The van der Waals surface area contributed by atoms with Gasteiger partial charge in [0.25, 0.3) is 7.82 Å². The maximum absolute atomic E-state index is 11.4. The maximum Gasteiger partial charge on any atom is 0.265 e. The highest BCUT2D eigenvalue weighted by molar-refractivity contribution is 7.44. The molecular weight excluding hydrogens is 287 g/mol. The van der Waals surface area contributed by atoms with Gasteiger partial charge in [-0.2, -0.15) is 0 Å². The third kappa shape index (κ3) is 5.67. The monoisotopic (exact) mass is 321 g/mol. The molecular formula is C16H34O4P-. The van der Waals surface area contributed by atoms with Crippen molar-refractivity contribution in [2.75, 3.05) is 0 Å². The molecule has 0 saturated carbocycles. The average Bonchev–Trinajstić information content (AvgIpc) is 2.40. The lowest BCUT2D eigenvalue weighted by molar-refractivity contribution is -0.240. The molecule has 0 saturated heterocycles. The van der Waals surface area contributed by atoms with Gasteiger partial charge in [0.05, 0.1) is 5.60 Å². The molecule has 0 spiro atoms. The van der Waals surface area contributed by atoms with Crippen LogP contribution in [0.15, 0.2) is 0 Å². The molecule has 0 aromatic heterocycles. The average molecular weight is 321 g/mol. The SMILES string of the molecule is CCC(C)C(C)C(C)C(C)(OP(=O)([O-])O)C(C)C(C)CC. The predicted octanol–water partition coefficient (Wildman–Crippen LogP) is 4.22. The van der Waals surface area contributed by atoms with Crippen molar-refractivity contribution in [1.29, 1.82) is 0 Å². The van der Waals surface area contributed by atoms with Gasteiger partial charge in [0.15, 0.2) is 0 Å². The first-order chi connectivity index (χ1) is 9.40. The summed E-state index contributed by atoms with van der Waals surface area (Å²) in [7, 11) is -4.77. The molecule has 0 aliphatic carbocycles. The van der Waals surface area contributed by atoms with Crippen molar-refractivity contribution in [3.05, 3.63) is 0 Å². The molecule has 0 bridgehead atoms. The van der Waals surface area contributed by atoms with Gasteiger partial charge in [-0.1, -0.05) is 61.3 Å². The molecule has 7 unspecified atom stereocenters. The van der Waals surface area contributed by atoms with E-state index < -0.39 is 13.4 Å². The summed E-state index contributed by atoms with van der Waals surface area (Å²) < 4.78 is 16.6. The molecule has 128 valence electrons. The third-order valence-electron chi connectivity index (χ3n) is 5.95. The second-order valence-corrected chi connectivity index (χ2v) is 8.07. The van der Waals surface area contributed by atoms with Crippen molar-refractivity contribution in [3.63, 3.8) is 0 Å². The summed E-state index contributed by atoms with van der Waals surface area (Å²) in [5.74, 6) is 1.13. The van der Waals surface area contributed by atoms with Crippen LogP contribution in [0.25, 0.3) is 0 Å². The van der Waals surface area contributed by atoms with E-state index >= 15 is 0 Å². The quantitative estimate of drug-likeness (QED) is 0.645. The van der Waals surface area contributed by atoms with Gasteiger partial charge in [-0.3, -0.25) is 4.57 Å². The van der Waals surface area contributed by atoms with E-state index in [-0.39, 0.29) is 11.8 Å². The van der Waals surface area contributed by atoms with Crippen LogP contribution in [0.2, 0.25) is 0 Å². The molecule has 0 amide bonds. The Morgan fingerprint density at radius 3 is 1.81 bits per heavy atom. The zero-order valence-corrected chi connectivity index (χ0v) is 15.8. The molecule has 0 heterocycles. The summed E-state index contributed by atoms with van der Waals surface area (Å²) in [6, 6.07) is 0. The van der Waals surface area contributed by atoms with E-state index in [2.05, 4.69) is 34.6 Å². The lowest BCUT2D eigenvalue weighted by atomic mass is 9.67. The van der Waals surface area contributed by atoms with Gasteiger partial charge in [0.1, 0.15) is 0 Å². The van der Waals surface area contributed by atoms with Crippen LogP contribution >= 0.6 is 7.82 Å². The van der Waals surface area contributed by atoms with Crippen LogP contribution in [0.1, 0.15) is 68.2 Å². The lowest BCUT2D eigenvalue weighted by Gasteiger charge is -2.48. The first-order valence-electron chi connectivity index (χ1n) is 8.15. The van der Waals surface area contributed by atoms with Crippen LogP contribution in [-0.2, 0) is 9.09 Å². The van der Waals surface area contributed by atoms with Crippen LogP contribution in [0.5, 0.6) is 0 Å². The van der Waals surface area contributed by atoms with Gasteiger partial charge in [-0.05, 0) is 36.5 Å². The Bertz CT molecular complexity index is 354. The molecule has 21 heavy (non-hydrogen) atoms. The zero-order valence-electron chi connectivity index (χ0n) is 14.9. The van der Waals surface area contributed by atoms with Crippen molar-refractivity contribution >= 4 is 7.82 Å². The molecule has 0 aliphatic heterocycles. The number of phosphoric acid groups is 1. The minimum atomic E-state index is -4.77. The van der Waals surface area contributed by atoms with Crippen LogP contribution in [0.3, 0.4) is 0 Å². The summed E-state index contributed by atoms with van der Waals surface area (Å²) in [5.41, 5.74) is -0.899. The number of rotatable bonds is 9. The van der Waals surface area contributed by atoms with E-state index in [0.29, 0.717) is 17.8 Å². The second-order valence-electron chi connectivity index (χ2n) is 6.95. The van der Waals surface area contributed by atoms with E-state index in [4.69, 9.17) is 4.52 Å². The molecule has 0 aromatic carbocycles. The zero-order chi connectivity index (χ0) is 17.0. The Hall–Kier alpha value is 0.110. The largest absolute Gasteiger partial charge is 0.756 e. The minimum Gasteiger partial charge on any atom is -0.756 e. The van der Waals surface area contributed by atoms with Crippen LogP contribution < -0.4 is 4.89 Å². The first-order valence-corrected chi connectivity index (χ1v) is 9.64. The van der Waals surface area contributed by atoms with Crippen molar-refractivity contribution in [2.24, 2.45) is 29.6 Å². The van der Waals surface area contributed by atoms with E-state index in [1.54, 1.807) is 0 Å². The van der Waals surface area contributed by atoms with Crippen molar-refractivity contribution < 1.29 is 18.9 Å². The molecule has 0 aromatic rings. The standard InChI is InChI=1S/C16H35O4P/c1-9-11(3)13(5)15(7)16(8,20-21(17,18)19)14(6)12(4)10-2/h11-15H,9-10H2,1-8H3,(H2,17,18,19)/p-1. The van der Waals surface area contributed by atoms with Gasteiger partial charge >= 0.3 is 0 Å². The third-order valence-corrected chi connectivity index (χ3v) is 6.57. The van der Waals surface area contributed by atoms with Gasteiger partial charge in [0, 0.05) is 0 Å². The molecule has 7 atom stereocenters. The topological polar surface area (TPSA) is 69.6 Å². The fraction of sp³-hybridized carbons (Fsp3) is 1.00. The molecule has 1 N–H and O–H groups in total. The van der Waals surface area contributed by atoms with Gasteiger partial charge < -0.3 is 14.3 Å². The predicted molar refractivity (Wildman–Crippen MR) is 85.7 cm³/mol. The fourth-order valence-corrected chi connectivity index (χ4v) is 3.96. The Balaban J connectivity index is 5.54. The molecule has 0 aliphatic rings. The first kappa shape index (κ1) is 21.1. The highest BCUT2D eigenvalue weighted by Crippen LogP contribution is 2.49. The van der Waals surface area contributed by atoms with E-state index in [9.17, 15) is 14.4 Å². The van der Waals surface area contributed by atoms with E-state index in [1.165, 1.54) is 0 Å². The summed E-state index contributed by atoms with van der Waals surface area (Å²) in [6.07, 6.45) is 1.98. The number of hydrogen-bond acceptors (Lipinski definition) is 3. The minimum absolute atomic E-state index is 0.0193. The summed E-state index contributed by atoms with van der Waals surface area (Å²) in [4.78, 5) is 20.7. The Morgan fingerprint density at radius 1 is 1.05 bits per heavy atom. The fourth-order valence-electron chi connectivity index (χ4n) is 3.13. The van der Waals surface area contributed by atoms with Crippen LogP contribution in [0, 0.1) is 29.6 Å². The maximum atomic E-state index is 11.4.